The molecule has 160 valence electrons. The topological polar surface area (TPSA) is 95.1 Å². The molecule has 1 heterocycles. The van der Waals surface area contributed by atoms with Crippen LogP contribution < -0.4 is 14.8 Å². The molecule has 0 saturated carbocycles. The van der Waals surface area contributed by atoms with Crippen LogP contribution in [0.2, 0.25) is 0 Å². The lowest BCUT2D eigenvalue weighted by Crippen LogP contribution is -2.13. The summed E-state index contributed by atoms with van der Waals surface area (Å²) >= 11 is 3.58. The third-order valence-corrected chi connectivity index (χ3v) is 6.80. The summed E-state index contributed by atoms with van der Waals surface area (Å²) in [6.07, 6.45) is 5.41. The van der Waals surface area contributed by atoms with Gasteiger partial charge in [-0.3, -0.25) is 4.79 Å². The van der Waals surface area contributed by atoms with Crippen LogP contribution in [0.25, 0.3) is 6.08 Å². The predicted octanol–water partition coefficient (Wildman–Crippen LogP) is 5.44. The van der Waals surface area contributed by atoms with Crippen LogP contribution in [0.1, 0.15) is 48.3 Å². The van der Waals surface area contributed by atoms with Gasteiger partial charge in [0.1, 0.15) is 22.7 Å². The van der Waals surface area contributed by atoms with Crippen LogP contribution in [0.4, 0.5) is 5.00 Å². The van der Waals surface area contributed by atoms with E-state index in [9.17, 15) is 15.3 Å². The highest BCUT2D eigenvalue weighted by Gasteiger charge is 2.23. The predicted molar refractivity (Wildman–Crippen MR) is 129 cm³/mol. The first-order valence-corrected chi connectivity index (χ1v) is 11.8. The summed E-state index contributed by atoms with van der Waals surface area (Å²) in [5, 5.41) is 22.5. The van der Waals surface area contributed by atoms with Crippen LogP contribution in [-0.4, -0.2) is 19.1 Å². The van der Waals surface area contributed by atoms with Crippen LogP contribution in [0.15, 0.2) is 17.7 Å². The van der Waals surface area contributed by atoms with E-state index in [0.29, 0.717) is 27.6 Å². The van der Waals surface area contributed by atoms with Crippen LogP contribution in [0.5, 0.6) is 11.5 Å². The van der Waals surface area contributed by atoms with Crippen molar-refractivity contribution < 1.29 is 14.3 Å². The van der Waals surface area contributed by atoms with Gasteiger partial charge in [-0.2, -0.15) is 10.5 Å². The number of aryl methyl sites for hydroxylation is 1. The van der Waals surface area contributed by atoms with E-state index in [-0.39, 0.29) is 11.7 Å². The Balaban J connectivity index is 1.90. The molecule has 0 spiro atoms. The minimum Gasteiger partial charge on any atom is -0.493 e. The van der Waals surface area contributed by atoms with Crippen molar-refractivity contribution in [2.75, 3.05) is 12.4 Å². The van der Waals surface area contributed by atoms with E-state index in [2.05, 4.69) is 34.0 Å². The highest BCUT2D eigenvalue weighted by Crippen LogP contribution is 2.38. The lowest BCUT2D eigenvalue weighted by molar-refractivity contribution is -0.112. The second-order valence-electron chi connectivity index (χ2n) is 7.35. The van der Waals surface area contributed by atoms with Crippen LogP contribution in [0.3, 0.4) is 0 Å². The average Bonchev–Trinajstić information content (AvgIpc) is 3.09. The molecule has 0 saturated heterocycles. The van der Waals surface area contributed by atoms with Gasteiger partial charge in [0.2, 0.25) is 0 Å². The van der Waals surface area contributed by atoms with Crippen LogP contribution >= 0.6 is 33.9 Å². The first kappa shape index (κ1) is 23.1. The molecule has 0 atom stereocenters. The first-order valence-electron chi connectivity index (χ1n) is 9.89. The molecular formula is C23H22IN3O3S. The Bertz CT molecular complexity index is 1120. The zero-order valence-electron chi connectivity index (χ0n) is 17.5. The standard InChI is InChI=1S/C23H22IN3O3S/c1-13(2)30-21-18(24)9-14(10-19(21)29-3)8-15(11-25)22(28)27-23-17(12-26)16-6-4-5-7-20(16)31-23/h8-10,13H,4-7H2,1-3H3,(H,27,28)/b15-8+. The van der Waals surface area contributed by atoms with Crippen molar-refractivity contribution >= 4 is 50.9 Å². The number of rotatable bonds is 6. The zero-order valence-corrected chi connectivity index (χ0v) is 20.5. The molecule has 0 fully saturated rings. The normalized spacial score (nSPS) is 13.2. The van der Waals surface area contributed by atoms with Gasteiger partial charge in [0.05, 0.1) is 22.3 Å². The van der Waals surface area contributed by atoms with E-state index in [0.717, 1.165) is 39.7 Å². The van der Waals surface area contributed by atoms with Gasteiger partial charge in [0, 0.05) is 4.88 Å². The van der Waals surface area contributed by atoms with Crippen molar-refractivity contribution in [3.8, 4) is 23.6 Å². The Kier molecular flexibility index (Phi) is 7.58. The third kappa shape index (κ3) is 5.20. The van der Waals surface area contributed by atoms with Gasteiger partial charge in [0.15, 0.2) is 11.5 Å². The molecule has 1 aliphatic carbocycles. The summed E-state index contributed by atoms with van der Waals surface area (Å²) in [6, 6.07) is 7.75. The summed E-state index contributed by atoms with van der Waals surface area (Å²) in [5.41, 5.74) is 2.16. The van der Waals surface area contributed by atoms with Gasteiger partial charge in [0.25, 0.3) is 5.91 Å². The number of benzene rings is 1. The molecule has 1 amide bonds. The average molecular weight is 547 g/mol. The molecule has 0 unspecified atom stereocenters. The number of carbonyl (C=O) groups excluding carboxylic acids is 1. The Morgan fingerprint density at radius 1 is 1.29 bits per heavy atom. The Hall–Kier alpha value is -2.56. The number of ether oxygens (including phenoxy) is 2. The number of nitrogens with one attached hydrogen (secondary N) is 1. The number of anilines is 1. The fourth-order valence-corrected chi connectivity index (χ4v) is 5.42. The minimum absolute atomic E-state index is 0.0183. The van der Waals surface area contributed by atoms with Crippen molar-refractivity contribution in [1.82, 2.24) is 0 Å². The largest absolute Gasteiger partial charge is 0.493 e. The van der Waals surface area contributed by atoms with Crippen molar-refractivity contribution in [3.05, 3.63) is 42.8 Å². The van der Waals surface area contributed by atoms with E-state index in [1.54, 1.807) is 13.2 Å². The molecule has 0 bridgehead atoms. The molecule has 8 heteroatoms. The molecule has 0 radical (unpaired) electrons. The summed E-state index contributed by atoms with van der Waals surface area (Å²) in [5.74, 6) is 0.623. The number of amides is 1. The number of hydrogen-bond donors (Lipinski definition) is 1. The fraction of sp³-hybridized carbons (Fsp3) is 0.348. The maximum absolute atomic E-state index is 12.8. The van der Waals surface area contributed by atoms with Gasteiger partial charge in [-0.15, -0.1) is 11.3 Å². The lowest BCUT2D eigenvalue weighted by atomic mass is 9.96. The molecule has 6 nitrogen and oxygen atoms in total. The fourth-order valence-electron chi connectivity index (χ4n) is 3.43. The molecule has 1 aromatic carbocycles. The van der Waals surface area contributed by atoms with Gasteiger partial charge >= 0.3 is 0 Å². The van der Waals surface area contributed by atoms with Crippen molar-refractivity contribution in [2.45, 2.75) is 45.6 Å². The van der Waals surface area contributed by atoms with Gasteiger partial charge < -0.3 is 14.8 Å². The highest BCUT2D eigenvalue weighted by molar-refractivity contribution is 14.1. The third-order valence-electron chi connectivity index (χ3n) is 4.79. The molecule has 1 aliphatic rings. The lowest BCUT2D eigenvalue weighted by Gasteiger charge is -2.16. The van der Waals surface area contributed by atoms with Crippen molar-refractivity contribution in [2.24, 2.45) is 0 Å². The number of hydrogen-bond acceptors (Lipinski definition) is 6. The SMILES string of the molecule is COc1cc(/C=C(\C#N)C(=O)Nc2sc3c(c2C#N)CCCC3)cc(I)c1OC(C)C. The van der Waals surface area contributed by atoms with Gasteiger partial charge in [-0.05, 0) is 91.5 Å². The number of halogens is 1. The van der Waals surface area contributed by atoms with Crippen molar-refractivity contribution in [3.63, 3.8) is 0 Å². The summed E-state index contributed by atoms with van der Waals surface area (Å²) < 4.78 is 12.1. The molecular weight excluding hydrogens is 525 g/mol. The van der Waals surface area contributed by atoms with E-state index in [1.165, 1.54) is 17.4 Å². The maximum Gasteiger partial charge on any atom is 0.266 e. The first-order chi connectivity index (χ1) is 14.9. The number of thiophene rings is 1. The highest BCUT2D eigenvalue weighted by atomic mass is 127. The number of fused-ring (bicyclic) bond motifs is 1. The molecule has 3 rings (SSSR count). The second kappa shape index (κ2) is 10.2. The Morgan fingerprint density at radius 3 is 2.68 bits per heavy atom. The van der Waals surface area contributed by atoms with Crippen molar-refractivity contribution in [1.29, 1.82) is 10.5 Å². The molecule has 2 aromatic rings. The Labute approximate surface area is 199 Å². The molecule has 1 aromatic heterocycles. The number of methoxy groups -OCH3 is 1. The van der Waals surface area contributed by atoms with Gasteiger partial charge in [-0.25, -0.2) is 0 Å². The van der Waals surface area contributed by atoms with E-state index < -0.39 is 5.91 Å². The smallest absolute Gasteiger partial charge is 0.266 e. The second-order valence-corrected chi connectivity index (χ2v) is 9.62. The summed E-state index contributed by atoms with van der Waals surface area (Å²) in [7, 11) is 1.55. The monoisotopic (exact) mass is 547 g/mol. The van der Waals surface area contributed by atoms with Gasteiger partial charge in [-0.1, -0.05) is 0 Å². The molecule has 31 heavy (non-hydrogen) atoms. The van der Waals surface area contributed by atoms with E-state index in [1.807, 2.05) is 26.0 Å². The van der Waals surface area contributed by atoms with E-state index in [4.69, 9.17) is 9.47 Å². The quantitative estimate of drug-likeness (QED) is 0.295. The zero-order chi connectivity index (χ0) is 22.5. The summed E-state index contributed by atoms with van der Waals surface area (Å²) in [6.45, 7) is 3.86. The number of nitrogens with zero attached hydrogens (tertiary/aromatic N) is 2. The number of nitriles is 2. The van der Waals surface area contributed by atoms with Crippen LogP contribution in [0, 0.1) is 26.2 Å². The summed E-state index contributed by atoms with van der Waals surface area (Å²) in [4.78, 5) is 14.0. The molecule has 0 aliphatic heterocycles. The van der Waals surface area contributed by atoms with E-state index >= 15 is 0 Å². The number of carbonyl (C=O) groups is 1. The molecule has 1 N–H and O–H groups in total. The maximum atomic E-state index is 12.8. The Morgan fingerprint density at radius 2 is 2.03 bits per heavy atom. The minimum atomic E-state index is -0.533. The van der Waals surface area contributed by atoms with Crippen LogP contribution in [-0.2, 0) is 17.6 Å².